The quantitative estimate of drug-likeness (QED) is 0.317. The zero-order chi connectivity index (χ0) is 18.1. The first kappa shape index (κ1) is 19.8. The Hall–Kier alpha value is -2.20. The third-order valence-corrected chi connectivity index (χ3v) is 3.42. The van der Waals surface area contributed by atoms with E-state index in [0.29, 0.717) is 18.5 Å². The molecule has 0 saturated carbocycles. The average Bonchev–Trinajstić information content (AvgIpc) is 2.53. The Labute approximate surface area is 144 Å². The van der Waals surface area contributed by atoms with Crippen molar-refractivity contribution in [3.8, 4) is 0 Å². The molecule has 0 spiro atoms. The highest BCUT2D eigenvalue weighted by Gasteiger charge is 2.23. The highest BCUT2D eigenvalue weighted by molar-refractivity contribution is 6.37. The van der Waals surface area contributed by atoms with Crippen LogP contribution in [0.25, 0.3) is 5.57 Å². The molecular formula is C20H27NO3. The van der Waals surface area contributed by atoms with Gasteiger partial charge in [-0.25, -0.2) is 4.79 Å². The molecule has 0 atom stereocenters. The van der Waals surface area contributed by atoms with Crippen LogP contribution >= 0.6 is 0 Å². The standard InChI is InChI=1S/C20H27NO3/c1-6-8-17(16-11-9-15(3)10-12-16)19(22)18(13-14-21(4)5)20(23)24-7-2/h8-13H,6-7,14H2,1-5H3/b17-8+,18-13-. The molecule has 1 rings (SSSR count). The maximum absolute atomic E-state index is 13.0. The molecule has 0 bridgehead atoms. The van der Waals surface area contributed by atoms with E-state index in [1.165, 1.54) is 0 Å². The molecule has 1 aromatic carbocycles. The molecule has 4 heteroatoms. The molecule has 0 amide bonds. The summed E-state index contributed by atoms with van der Waals surface area (Å²) in [6, 6.07) is 7.73. The lowest BCUT2D eigenvalue weighted by Gasteiger charge is -2.12. The number of hydrogen-bond donors (Lipinski definition) is 0. The van der Waals surface area contributed by atoms with Crippen LogP contribution in [0.3, 0.4) is 0 Å². The van der Waals surface area contributed by atoms with Crippen molar-refractivity contribution in [2.75, 3.05) is 27.2 Å². The van der Waals surface area contributed by atoms with Crippen LogP contribution in [0.5, 0.6) is 0 Å². The van der Waals surface area contributed by atoms with Crippen molar-refractivity contribution in [2.24, 2.45) is 0 Å². The Morgan fingerprint density at radius 3 is 2.21 bits per heavy atom. The van der Waals surface area contributed by atoms with Crippen molar-refractivity contribution in [1.82, 2.24) is 4.90 Å². The number of Topliss-reactive ketones (excluding diaryl/α,β-unsaturated/α-hetero) is 1. The summed E-state index contributed by atoms with van der Waals surface area (Å²) in [5.74, 6) is -0.862. The third-order valence-electron chi connectivity index (χ3n) is 3.42. The van der Waals surface area contributed by atoms with E-state index in [1.54, 1.807) is 13.0 Å². The second-order valence-electron chi connectivity index (χ2n) is 5.82. The molecule has 0 N–H and O–H groups in total. The number of ketones is 1. The van der Waals surface area contributed by atoms with Crippen molar-refractivity contribution < 1.29 is 14.3 Å². The first-order valence-corrected chi connectivity index (χ1v) is 8.24. The normalized spacial score (nSPS) is 12.4. The van der Waals surface area contributed by atoms with Gasteiger partial charge in [-0.2, -0.15) is 0 Å². The van der Waals surface area contributed by atoms with Crippen LogP contribution in [0.1, 0.15) is 31.4 Å². The molecule has 0 heterocycles. The van der Waals surface area contributed by atoms with Gasteiger partial charge in [0.05, 0.1) is 6.61 Å². The number of carbonyl (C=O) groups is 2. The SMILES string of the molecule is CC/C=C(/C(=O)/C(=C/CN(C)C)C(=O)OCC)c1ccc(C)cc1. The van der Waals surface area contributed by atoms with Crippen LogP contribution in [0.4, 0.5) is 0 Å². The van der Waals surface area contributed by atoms with E-state index in [4.69, 9.17) is 4.74 Å². The monoisotopic (exact) mass is 329 g/mol. The van der Waals surface area contributed by atoms with Gasteiger partial charge in [0.15, 0.2) is 5.78 Å². The third kappa shape index (κ3) is 5.78. The van der Waals surface area contributed by atoms with E-state index in [2.05, 4.69) is 0 Å². The highest BCUT2D eigenvalue weighted by Crippen LogP contribution is 2.21. The Bertz CT molecular complexity index is 625. The van der Waals surface area contributed by atoms with Gasteiger partial charge in [-0.05, 0) is 39.9 Å². The van der Waals surface area contributed by atoms with E-state index in [1.807, 2.05) is 63.2 Å². The average molecular weight is 329 g/mol. The second-order valence-corrected chi connectivity index (χ2v) is 5.82. The number of ether oxygens (including phenoxy) is 1. The summed E-state index contributed by atoms with van der Waals surface area (Å²) in [5.41, 5.74) is 2.56. The smallest absolute Gasteiger partial charge is 0.341 e. The summed E-state index contributed by atoms with van der Waals surface area (Å²) in [6.45, 7) is 6.43. The van der Waals surface area contributed by atoms with Crippen LogP contribution in [-0.2, 0) is 14.3 Å². The molecule has 0 aromatic heterocycles. The number of carbonyl (C=O) groups excluding carboxylic acids is 2. The zero-order valence-electron chi connectivity index (χ0n) is 15.3. The molecule has 0 radical (unpaired) electrons. The van der Waals surface area contributed by atoms with E-state index in [9.17, 15) is 9.59 Å². The number of aryl methyl sites for hydroxylation is 1. The van der Waals surface area contributed by atoms with Crippen LogP contribution in [0.2, 0.25) is 0 Å². The van der Waals surface area contributed by atoms with Crippen molar-refractivity contribution >= 4 is 17.3 Å². The first-order valence-electron chi connectivity index (χ1n) is 8.24. The Kier molecular flexibility index (Phi) is 8.13. The van der Waals surface area contributed by atoms with Crippen LogP contribution in [0.15, 0.2) is 42.0 Å². The van der Waals surface area contributed by atoms with Gasteiger partial charge in [0, 0.05) is 12.1 Å². The second kappa shape index (κ2) is 9.83. The lowest BCUT2D eigenvalue weighted by atomic mass is 9.94. The van der Waals surface area contributed by atoms with Crippen molar-refractivity contribution in [1.29, 1.82) is 0 Å². The largest absolute Gasteiger partial charge is 0.462 e. The van der Waals surface area contributed by atoms with E-state index < -0.39 is 5.97 Å². The fourth-order valence-corrected chi connectivity index (χ4v) is 2.18. The van der Waals surface area contributed by atoms with Gasteiger partial charge in [-0.3, -0.25) is 4.79 Å². The predicted octanol–water partition coefficient (Wildman–Crippen LogP) is 3.41. The van der Waals surface area contributed by atoms with Gasteiger partial charge in [-0.15, -0.1) is 0 Å². The summed E-state index contributed by atoms with van der Waals surface area (Å²) < 4.78 is 5.07. The molecular weight excluding hydrogens is 302 g/mol. The number of nitrogens with zero attached hydrogens (tertiary/aromatic N) is 1. The molecule has 1 aromatic rings. The van der Waals surface area contributed by atoms with Crippen molar-refractivity contribution in [3.63, 3.8) is 0 Å². The molecule has 0 aliphatic heterocycles. The topological polar surface area (TPSA) is 46.6 Å². The summed E-state index contributed by atoms with van der Waals surface area (Å²) in [5, 5.41) is 0. The summed E-state index contributed by atoms with van der Waals surface area (Å²) in [7, 11) is 3.76. The maximum Gasteiger partial charge on any atom is 0.341 e. The molecule has 0 unspecified atom stereocenters. The molecule has 130 valence electrons. The fraction of sp³-hybridized carbons (Fsp3) is 0.400. The van der Waals surface area contributed by atoms with E-state index in [0.717, 1.165) is 11.1 Å². The summed E-state index contributed by atoms with van der Waals surface area (Å²) in [6.07, 6.45) is 4.20. The van der Waals surface area contributed by atoms with Crippen molar-refractivity contribution in [3.05, 3.63) is 53.1 Å². The minimum absolute atomic E-state index is 0.0887. The lowest BCUT2D eigenvalue weighted by Crippen LogP contribution is -2.20. The maximum atomic E-state index is 13.0. The van der Waals surface area contributed by atoms with Crippen molar-refractivity contribution in [2.45, 2.75) is 27.2 Å². The first-order chi connectivity index (χ1) is 11.4. The van der Waals surface area contributed by atoms with Gasteiger partial charge in [0.1, 0.15) is 5.57 Å². The number of hydrogen-bond acceptors (Lipinski definition) is 4. The van der Waals surface area contributed by atoms with Crippen LogP contribution in [-0.4, -0.2) is 43.9 Å². The number of esters is 1. The number of allylic oxidation sites excluding steroid dienone is 2. The zero-order valence-corrected chi connectivity index (χ0v) is 15.3. The molecule has 24 heavy (non-hydrogen) atoms. The molecule has 0 aliphatic carbocycles. The summed E-state index contributed by atoms with van der Waals surface area (Å²) in [4.78, 5) is 27.1. The summed E-state index contributed by atoms with van der Waals surface area (Å²) >= 11 is 0. The lowest BCUT2D eigenvalue weighted by molar-refractivity contribution is -0.139. The number of benzene rings is 1. The Balaban J connectivity index is 3.25. The fourth-order valence-electron chi connectivity index (χ4n) is 2.18. The molecule has 0 aliphatic rings. The highest BCUT2D eigenvalue weighted by atomic mass is 16.5. The van der Waals surface area contributed by atoms with Gasteiger partial charge >= 0.3 is 5.97 Å². The molecule has 0 saturated heterocycles. The van der Waals surface area contributed by atoms with Crippen LogP contribution < -0.4 is 0 Å². The Morgan fingerprint density at radius 1 is 1.08 bits per heavy atom. The van der Waals surface area contributed by atoms with Gasteiger partial charge in [0.2, 0.25) is 0 Å². The van der Waals surface area contributed by atoms with E-state index in [-0.39, 0.29) is 18.0 Å². The Morgan fingerprint density at radius 2 is 1.71 bits per heavy atom. The minimum atomic E-state index is -0.571. The van der Waals surface area contributed by atoms with Gasteiger partial charge in [0.25, 0.3) is 0 Å². The molecule has 0 fully saturated rings. The van der Waals surface area contributed by atoms with Gasteiger partial charge in [-0.1, -0.05) is 48.9 Å². The number of likely N-dealkylation sites (N-methyl/N-ethyl adjacent to an activating group) is 1. The van der Waals surface area contributed by atoms with E-state index >= 15 is 0 Å². The number of rotatable bonds is 8. The van der Waals surface area contributed by atoms with Crippen LogP contribution in [0, 0.1) is 6.92 Å². The molecule has 4 nitrogen and oxygen atoms in total. The minimum Gasteiger partial charge on any atom is -0.462 e. The van der Waals surface area contributed by atoms with Gasteiger partial charge < -0.3 is 9.64 Å². The predicted molar refractivity (Wildman–Crippen MR) is 97.7 cm³/mol.